The van der Waals surface area contributed by atoms with Crippen molar-refractivity contribution in [3.8, 4) is 0 Å². The van der Waals surface area contributed by atoms with Crippen LogP contribution in [0.4, 0.5) is 0 Å². The Morgan fingerprint density at radius 1 is 1.00 bits per heavy atom. The molecule has 178 valence electrons. The number of esters is 1. The van der Waals surface area contributed by atoms with E-state index in [0.29, 0.717) is 19.6 Å². The Kier molecular flexibility index (Phi) is 9.81. The van der Waals surface area contributed by atoms with Crippen LogP contribution in [0.2, 0.25) is 5.04 Å². The normalized spacial score (nSPS) is 13.7. The number of allylic oxidation sites excluding steroid dienone is 1. The van der Waals surface area contributed by atoms with Crippen molar-refractivity contribution in [2.45, 2.75) is 52.5 Å². The molecule has 2 aromatic rings. The molecule has 2 rings (SSSR count). The number of aldehydes is 1. The van der Waals surface area contributed by atoms with Crippen molar-refractivity contribution in [2.24, 2.45) is 11.8 Å². The fourth-order valence-corrected chi connectivity index (χ4v) is 9.23. The van der Waals surface area contributed by atoms with Gasteiger partial charge in [0.05, 0.1) is 12.5 Å². The van der Waals surface area contributed by atoms with Gasteiger partial charge in [0.15, 0.2) is 0 Å². The zero-order chi connectivity index (χ0) is 24.5. The molecular formula is C28H38O4Si. The first-order chi connectivity index (χ1) is 15.7. The molecular weight excluding hydrogens is 428 g/mol. The maximum absolute atomic E-state index is 12.8. The van der Waals surface area contributed by atoms with Crippen LogP contribution in [0.5, 0.6) is 0 Å². The number of rotatable bonds is 12. The van der Waals surface area contributed by atoms with Crippen LogP contribution >= 0.6 is 0 Å². The van der Waals surface area contributed by atoms with Gasteiger partial charge in [0, 0.05) is 13.0 Å². The second-order valence-corrected chi connectivity index (χ2v) is 13.8. The number of hydrogen-bond acceptors (Lipinski definition) is 4. The van der Waals surface area contributed by atoms with Crippen molar-refractivity contribution >= 4 is 30.9 Å². The summed E-state index contributed by atoms with van der Waals surface area (Å²) in [5.41, 5.74) is 0.811. The van der Waals surface area contributed by atoms with E-state index in [0.717, 1.165) is 11.9 Å². The van der Waals surface area contributed by atoms with Crippen LogP contribution in [0, 0.1) is 11.8 Å². The molecule has 2 atom stereocenters. The van der Waals surface area contributed by atoms with Gasteiger partial charge in [0.25, 0.3) is 8.32 Å². The minimum atomic E-state index is -2.69. The van der Waals surface area contributed by atoms with Crippen molar-refractivity contribution in [3.05, 3.63) is 72.8 Å². The topological polar surface area (TPSA) is 52.6 Å². The summed E-state index contributed by atoms with van der Waals surface area (Å²) in [5.74, 6) is -1.02. The lowest BCUT2D eigenvalue weighted by Crippen LogP contribution is -2.66. The molecule has 2 aromatic carbocycles. The summed E-state index contributed by atoms with van der Waals surface area (Å²) in [4.78, 5) is 24.2. The molecule has 0 heterocycles. The summed E-state index contributed by atoms with van der Waals surface area (Å²) in [6, 6.07) is 20.8. The molecule has 0 spiro atoms. The predicted molar refractivity (Wildman–Crippen MR) is 137 cm³/mol. The van der Waals surface area contributed by atoms with E-state index < -0.39 is 14.2 Å². The van der Waals surface area contributed by atoms with Gasteiger partial charge in [-0.25, -0.2) is 0 Å². The summed E-state index contributed by atoms with van der Waals surface area (Å²) >= 11 is 0. The lowest BCUT2D eigenvalue weighted by atomic mass is 9.83. The van der Waals surface area contributed by atoms with E-state index >= 15 is 0 Å². The van der Waals surface area contributed by atoms with Crippen molar-refractivity contribution in [1.82, 2.24) is 0 Å². The molecule has 0 aromatic heterocycles. The van der Waals surface area contributed by atoms with Crippen LogP contribution < -0.4 is 10.4 Å². The van der Waals surface area contributed by atoms with Gasteiger partial charge < -0.3 is 14.0 Å². The predicted octanol–water partition coefficient (Wildman–Crippen LogP) is 4.91. The van der Waals surface area contributed by atoms with E-state index in [-0.39, 0.29) is 23.3 Å². The molecule has 33 heavy (non-hydrogen) atoms. The van der Waals surface area contributed by atoms with Crippen molar-refractivity contribution < 1.29 is 18.8 Å². The van der Waals surface area contributed by atoms with Crippen LogP contribution in [0.1, 0.15) is 47.5 Å². The first-order valence-corrected chi connectivity index (χ1v) is 13.6. The van der Waals surface area contributed by atoms with Crippen molar-refractivity contribution in [2.75, 3.05) is 13.2 Å². The van der Waals surface area contributed by atoms with E-state index in [9.17, 15) is 9.59 Å². The maximum Gasteiger partial charge on any atom is 0.309 e. The Bertz CT molecular complexity index is 863. The quantitative estimate of drug-likeness (QED) is 0.193. The molecule has 2 unspecified atom stereocenters. The average Bonchev–Trinajstić information content (AvgIpc) is 2.78. The molecule has 0 aliphatic rings. The third-order valence-electron chi connectivity index (χ3n) is 6.22. The largest absolute Gasteiger partial charge is 0.466 e. The second-order valence-electron chi connectivity index (χ2n) is 9.51. The van der Waals surface area contributed by atoms with Crippen LogP contribution in [0.3, 0.4) is 0 Å². The smallest absolute Gasteiger partial charge is 0.309 e. The molecule has 0 saturated carbocycles. The lowest BCUT2D eigenvalue weighted by molar-refractivity contribution is -0.150. The Labute approximate surface area is 200 Å². The number of carbonyl (C=O) groups is 2. The van der Waals surface area contributed by atoms with Crippen LogP contribution in [0.25, 0.3) is 0 Å². The Morgan fingerprint density at radius 2 is 1.52 bits per heavy atom. The minimum Gasteiger partial charge on any atom is -0.466 e. The zero-order valence-electron chi connectivity index (χ0n) is 20.7. The van der Waals surface area contributed by atoms with Gasteiger partial charge in [0.1, 0.15) is 6.29 Å². The van der Waals surface area contributed by atoms with Crippen LogP contribution in [-0.4, -0.2) is 33.8 Å². The van der Waals surface area contributed by atoms with E-state index in [1.165, 1.54) is 10.4 Å². The van der Waals surface area contributed by atoms with Gasteiger partial charge in [-0.3, -0.25) is 4.79 Å². The molecule has 0 radical (unpaired) electrons. The van der Waals surface area contributed by atoms with Crippen molar-refractivity contribution in [3.63, 3.8) is 0 Å². The van der Waals surface area contributed by atoms with Gasteiger partial charge in [-0.2, -0.15) is 0 Å². The summed E-state index contributed by atoms with van der Waals surface area (Å²) in [7, 11) is -2.69. The minimum absolute atomic E-state index is 0.147. The highest BCUT2D eigenvalue weighted by molar-refractivity contribution is 6.99. The summed E-state index contributed by atoms with van der Waals surface area (Å²) in [6.45, 7) is 15.1. The molecule has 0 aliphatic heterocycles. The fourth-order valence-electron chi connectivity index (χ4n) is 4.65. The molecule has 0 saturated heterocycles. The van der Waals surface area contributed by atoms with Gasteiger partial charge in [-0.15, -0.1) is 0 Å². The standard InChI is InChI=1S/C28H38O4Si/c1-7-31-27(30)26(25(18-20-29)22(2)3)19-21-32-33(28(4,5)6,23-14-10-8-11-15-23)24-16-12-9-13-17-24/h8-17,20,25-26H,2,7,18-19,21H2,1,3-6H3. The summed E-state index contributed by atoms with van der Waals surface area (Å²) < 4.78 is 12.3. The third kappa shape index (κ3) is 6.30. The van der Waals surface area contributed by atoms with Gasteiger partial charge in [0.2, 0.25) is 0 Å². The molecule has 0 bridgehead atoms. The van der Waals surface area contributed by atoms with E-state index in [1.54, 1.807) is 6.92 Å². The molecule has 4 nitrogen and oxygen atoms in total. The van der Waals surface area contributed by atoms with E-state index in [1.807, 2.05) is 19.1 Å². The highest BCUT2D eigenvalue weighted by atomic mass is 28.4. The van der Waals surface area contributed by atoms with Crippen LogP contribution in [0.15, 0.2) is 72.8 Å². The number of benzene rings is 2. The maximum atomic E-state index is 12.8. The number of ether oxygens (including phenoxy) is 1. The van der Waals surface area contributed by atoms with E-state index in [4.69, 9.17) is 9.16 Å². The first kappa shape index (κ1) is 26.7. The second kappa shape index (κ2) is 12.1. The molecule has 0 fully saturated rings. The number of carbonyl (C=O) groups excluding carboxylic acids is 2. The van der Waals surface area contributed by atoms with E-state index in [2.05, 4.69) is 75.9 Å². The van der Waals surface area contributed by atoms with Gasteiger partial charge in [-0.1, -0.05) is 93.6 Å². The Hall–Kier alpha value is -2.50. The molecule has 0 N–H and O–H groups in total. The zero-order valence-corrected chi connectivity index (χ0v) is 21.7. The summed E-state index contributed by atoms with van der Waals surface area (Å²) in [5, 5.41) is 2.24. The first-order valence-electron chi connectivity index (χ1n) is 11.7. The number of hydrogen-bond donors (Lipinski definition) is 0. The average molecular weight is 467 g/mol. The fraction of sp³-hybridized carbons (Fsp3) is 0.429. The highest BCUT2D eigenvalue weighted by Gasteiger charge is 2.50. The molecule has 5 heteroatoms. The molecule has 0 aliphatic carbocycles. The van der Waals surface area contributed by atoms with Gasteiger partial charge in [-0.05, 0) is 41.6 Å². The Balaban J connectivity index is 2.45. The summed E-state index contributed by atoms with van der Waals surface area (Å²) in [6.07, 6.45) is 1.57. The monoisotopic (exact) mass is 466 g/mol. The molecule has 0 amide bonds. The lowest BCUT2D eigenvalue weighted by Gasteiger charge is -2.43. The van der Waals surface area contributed by atoms with Crippen LogP contribution in [-0.2, 0) is 18.8 Å². The third-order valence-corrected chi connectivity index (χ3v) is 11.3. The Morgan fingerprint density at radius 3 is 1.91 bits per heavy atom. The SMILES string of the molecule is C=C(C)C(CC=O)C(CCO[Si](c1ccccc1)(c1ccccc1)C(C)(C)C)C(=O)OCC. The highest BCUT2D eigenvalue weighted by Crippen LogP contribution is 2.37. The van der Waals surface area contributed by atoms with Crippen molar-refractivity contribution in [1.29, 1.82) is 0 Å². The van der Waals surface area contributed by atoms with Gasteiger partial charge >= 0.3 is 5.97 Å².